The number of benzene rings is 1. The maximum atomic E-state index is 11.9. The van der Waals surface area contributed by atoms with Crippen molar-refractivity contribution < 1.29 is 4.79 Å². The van der Waals surface area contributed by atoms with Gasteiger partial charge in [-0.15, -0.1) is 0 Å². The molecule has 4 nitrogen and oxygen atoms in total. The Bertz CT molecular complexity index is 577. The highest BCUT2D eigenvalue weighted by Gasteiger charge is 2.10. The van der Waals surface area contributed by atoms with Gasteiger partial charge in [-0.25, -0.2) is 4.98 Å². The van der Waals surface area contributed by atoms with Crippen molar-refractivity contribution in [3.63, 3.8) is 0 Å². The first-order valence-corrected chi connectivity index (χ1v) is 6.41. The van der Waals surface area contributed by atoms with Gasteiger partial charge in [0.2, 0.25) is 5.28 Å². The van der Waals surface area contributed by atoms with E-state index in [9.17, 15) is 4.79 Å². The van der Waals surface area contributed by atoms with Gasteiger partial charge in [0, 0.05) is 19.2 Å². The number of carbonyl (C=O) groups excluding carboxylic acids is 1. The Balaban J connectivity index is 2.22. The summed E-state index contributed by atoms with van der Waals surface area (Å²) >= 11 is 5.94. The Hall–Kier alpha value is -1.55. The van der Waals surface area contributed by atoms with Crippen molar-refractivity contribution in [1.82, 2.24) is 14.9 Å². The predicted molar refractivity (Wildman–Crippen MR) is 73.0 cm³/mol. The van der Waals surface area contributed by atoms with Crippen molar-refractivity contribution in [3.05, 3.63) is 29.0 Å². The number of nitrogens with one attached hydrogen (secondary N) is 1. The Morgan fingerprint density at radius 1 is 1.50 bits per heavy atom. The summed E-state index contributed by atoms with van der Waals surface area (Å²) in [5.41, 5.74) is 2.28. The van der Waals surface area contributed by atoms with Gasteiger partial charge in [-0.1, -0.05) is 13.3 Å². The van der Waals surface area contributed by atoms with Gasteiger partial charge >= 0.3 is 0 Å². The molecule has 0 saturated carbocycles. The lowest BCUT2D eigenvalue weighted by Crippen LogP contribution is -2.24. The number of carbonyl (C=O) groups is 1. The summed E-state index contributed by atoms with van der Waals surface area (Å²) in [6.07, 6.45) is 2.05. The Morgan fingerprint density at radius 2 is 2.28 bits per heavy atom. The van der Waals surface area contributed by atoms with Crippen LogP contribution >= 0.6 is 11.6 Å². The molecule has 0 aliphatic rings. The fourth-order valence-electron chi connectivity index (χ4n) is 1.79. The van der Waals surface area contributed by atoms with Crippen molar-refractivity contribution in [2.75, 3.05) is 6.54 Å². The van der Waals surface area contributed by atoms with Crippen molar-refractivity contribution in [1.29, 1.82) is 0 Å². The van der Waals surface area contributed by atoms with Crippen LogP contribution in [0.5, 0.6) is 0 Å². The topological polar surface area (TPSA) is 46.9 Å². The molecule has 1 aromatic heterocycles. The molecular weight excluding hydrogens is 250 g/mol. The van der Waals surface area contributed by atoms with Gasteiger partial charge in [-0.3, -0.25) is 4.79 Å². The van der Waals surface area contributed by atoms with Gasteiger partial charge in [0.15, 0.2) is 0 Å². The van der Waals surface area contributed by atoms with Crippen molar-refractivity contribution >= 4 is 28.5 Å². The van der Waals surface area contributed by atoms with Gasteiger partial charge in [-0.05, 0) is 36.2 Å². The maximum absolute atomic E-state index is 11.9. The normalized spacial score (nSPS) is 10.8. The minimum atomic E-state index is -0.0628. The zero-order chi connectivity index (χ0) is 13.1. The van der Waals surface area contributed by atoms with Crippen LogP contribution in [-0.4, -0.2) is 22.0 Å². The van der Waals surface area contributed by atoms with Crippen molar-refractivity contribution in [2.45, 2.75) is 19.8 Å². The van der Waals surface area contributed by atoms with E-state index in [1.807, 2.05) is 13.1 Å². The second-order valence-electron chi connectivity index (χ2n) is 4.25. The zero-order valence-electron chi connectivity index (χ0n) is 10.5. The average Bonchev–Trinajstić information content (AvgIpc) is 2.65. The van der Waals surface area contributed by atoms with Crippen LogP contribution in [0.1, 0.15) is 30.1 Å². The van der Waals surface area contributed by atoms with E-state index in [4.69, 9.17) is 11.6 Å². The Kier molecular flexibility index (Phi) is 3.87. The number of hydrogen-bond donors (Lipinski definition) is 1. The minimum absolute atomic E-state index is 0.0628. The molecule has 0 bridgehead atoms. The lowest BCUT2D eigenvalue weighted by molar-refractivity contribution is 0.0953. The lowest BCUT2D eigenvalue weighted by Gasteiger charge is -2.04. The highest BCUT2D eigenvalue weighted by Crippen LogP contribution is 2.19. The van der Waals surface area contributed by atoms with E-state index in [0.717, 1.165) is 23.9 Å². The number of halogens is 1. The molecule has 2 rings (SSSR count). The largest absolute Gasteiger partial charge is 0.352 e. The first-order chi connectivity index (χ1) is 8.63. The van der Waals surface area contributed by atoms with Crippen LogP contribution in [0, 0.1) is 0 Å². The van der Waals surface area contributed by atoms with E-state index in [1.165, 1.54) is 0 Å². The van der Waals surface area contributed by atoms with Gasteiger partial charge < -0.3 is 9.88 Å². The molecule has 2 aromatic rings. The molecule has 0 spiro atoms. The first-order valence-electron chi connectivity index (χ1n) is 6.03. The third kappa shape index (κ3) is 2.48. The second kappa shape index (κ2) is 5.40. The fraction of sp³-hybridized carbons (Fsp3) is 0.385. The monoisotopic (exact) mass is 265 g/mol. The Labute approximate surface area is 111 Å². The van der Waals surface area contributed by atoms with Crippen molar-refractivity contribution in [3.8, 4) is 0 Å². The van der Waals surface area contributed by atoms with Crippen LogP contribution in [0.4, 0.5) is 0 Å². The summed E-state index contributed by atoms with van der Waals surface area (Å²) in [5, 5.41) is 3.30. The number of imidazole rings is 1. The minimum Gasteiger partial charge on any atom is -0.352 e. The quantitative estimate of drug-likeness (QED) is 0.864. The molecule has 1 N–H and O–H groups in total. The summed E-state index contributed by atoms with van der Waals surface area (Å²) in [7, 11) is 1.85. The second-order valence-corrected chi connectivity index (χ2v) is 4.59. The molecule has 0 aliphatic carbocycles. The average molecular weight is 266 g/mol. The number of rotatable bonds is 4. The fourth-order valence-corrected chi connectivity index (χ4v) is 1.97. The predicted octanol–water partition coefficient (Wildman–Crippen LogP) is 2.76. The summed E-state index contributed by atoms with van der Waals surface area (Å²) in [5.74, 6) is -0.0628. The molecule has 1 heterocycles. The summed E-state index contributed by atoms with van der Waals surface area (Å²) in [6.45, 7) is 2.80. The lowest BCUT2D eigenvalue weighted by atomic mass is 10.2. The van der Waals surface area contributed by atoms with Crippen molar-refractivity contribution in [2.24, 2.45) is 7.05 Å². The molecule has 96 valence electrons. The third-order valence-electron chi connectivity index (χ3n) is 2.90. The number of amides is 1. The number of hydrogen-bond acceptors (Lipinski definition) is 2. The molecule has 0 radical (unpaired) electrons. The number of nitrogens with zero attached hydrogens (tertiary/aromatic N) is 2. The van der Waals surface area contributed by atoms with E-state index < -0.39 is 0 Å². The van der Waals surface area contributed by atoms with E-state index in [1.54, 1.807) is 16.7 Å². The molecule has 0 fully saturated rings. The third-order valence-corrected chi connectivity index (χ3v) is 3.24. The highest BCUT2D eigenvalue weighted by molar-refractivity contribution is 6.29. The maximum Gasteiger partial charge on any atom is 0.251 e. The van der Waals surface area contributed by atoms with Crippen LogP contribution in [0.25, 0.3) is 11.0 Å². The molecule has 0 unspecified atom stereocenters. The van der Waals surface area contributed by atoms with Gasteiger partial charge in [0.25, 0.3) is 5.91 Å². The number of aryl methyl sites for hydroxylation is 1. The van der Waals surface area contributed by atoms with E-state index >= 15 is 0 Å². The van der Waals surface area contributed by atoms with E-state index in [0.29, 0.717) is 17.4 Å². The SMILES string of the molecule is CCCCNC(=O)c1ccc2c(c1)nc(Cl)n2C. The Morgan fingerprint density at radius 3 is 3.00 bits per heavy atom. The molecule has 0 atom stereocenters. The van der Waals surface area contributed by atoms with Crippen LogP contribution in [-0.2, 0) is 7.05 Å². The van der Waals surface area contributed by atoms with Gasteiger partial charge in [0.05, 0.1) is 11.0 Å². The molecule has 18 heavy (non-hydrogen) atoms. The van der Waals surface area contributed by atoms with Crippen LogP contribution in [0.3, 0.4) is 0 Å². The number of aromatic nitrogens is 2. The van der Waals surface area contributed by atoms with Gasteiger partial charge in [0.1, 0.15) is 0 Å². The van der Waals surface area contributed by atoms with Crippen LogP contribution in [0.15, 0.2) is 18.2 Å². The number of fused-ring (bicyclic) bond motifs is 1. The summed E-state index contributed by atoms with van der Waals surface area (Å²) in [4.78, 5) is 16.1. The first kappa shape index (κ1) is 12.9. The summed E-state index contributed by atoms with van der Waals surface area (Å²) < 4.78 is 1.79. The molecule has 5 heteroatoms. The highest BCUT2D eigenvalue weighted by atomic mass is 35.5. The van der Waals surface area contributed by atoms with Crippen LogP contribution < -0.4 is 5.32 Å². The van der Waals surface area contributed by atoms with Crippen LogP contribution in [0.2, 0.25) is 5.28 Å². The molecule has 0 saturated heterocycles. The number of unbranched alkanes of at least 4 members (excludes halogenated alkanes) is 1. The standard InChI is InChI=1S/C13H16ClN3O/c1-3-4-7-15-12(18)9-5-6-11-10(8-9)16-13(14)17(11)2/h5-6,8H,3-4,7H2,1-2H3,(H,15,18). The molecule has 1 aromatic carbocycles. The molecule has 1 amide bonds. The molecular formula is C13H16ClN3O. The summed E-state index contributed by atoms with van der Waals surface area (Å²) in [6, 6.07) is 5.42. The van der Waals surface area contributed by atoms with E-state index in [2.05, 4.69) is 17.2 Å². The van der Waals surface area contributed by atoms with Gasteiger partial charge in [-0.2, -0.15) is 0 Å². The van der Waals surface area contributed by atoms with E-state index in [-0.39, 0.29) is 5.91 Å². The smallest absolute Gasteiger partial charge is 0.251 e. The zero-order valence-corrected chi connectivity index (χ0v) is 11.3. The molecule has 0 aliphatic heterocycles.